The van der Waals surface area contributed by atoms with Crippen LogP contribution in [-0.2, 0) is 25.6 Å². The van der Waals surface area contributed by atoms with Crippen LogP contribution in [0.5, 0.6) is 0 Å². The summed E-state index contributed by atoms with van der Waals surface area (Å²) in [6, 6.07) is 3.64. The highest BCUT2D eigenvalue weighted by Crippen LogP contribution is 2.44. The van der Waals surface area contributed by atoms with Crippen LogP contribution >= 0.6 is 0 Å². The van der Waals surface area contributed by atoms with Crippen LogP contribution in [0.3, 0.4) is 0 Å². The number of esters is 2. The standard InChI is InChI=1S/C26H34N2O6/c1-16-18(4-5-19-20(16)14-33-25(19)31)22(29)12-27-9-6-26(7-10-27)8-11-28(13-23(26)32-3)21-15-34-24(30)17(21)2/h4-5,22-23,29H,6-15H2,1-3H3/t22-,23-/m0/s1. The number of aliphatic hydroxyl groups is 1. The Morgan fingerprint density at radius 2 is 1.79 bits per heavy atom. The van der Waals surface area contributed by atoms with Gasteiger partial charge in [-0.15, -0.1) is 0 Å². The lowest BCUT2D eigenvalue weighted by molar-refractivity contribution is -0.136. The third-order valence-electron chi connectivity index (χ3n) is 8.54. The first-order valence-electron chi connectivity index (χ1n) is 12.2. The summed E-state index contributed by atoms with van der Waals surface area (Å²) in [6.07, 6.45) is 2.55. The van der Waals surface area contributed by atoms with Crippen molar-refractivity contribution in [3.05, 3.63) is 45.7 Å². The van der Waals surface area contributed by atoms with Crippen LogP contribution in [0, 0.1) is 12.3 Å². The van der Waals surface area contributed by atoms with Crippen LogP contribution < -0.4 is 0 Å². The summed E-state index contributed by atoms with van der Waals surface area (Å²) in [5.74, 6) is -0.494. The number of methoxy groups -OCH3 is 1. The zero-order valence-corrected chi connectivity index (χ0v) is 20.3. The average Bonchev–Trinajstić information content (AvgIpc) is 3.38. The smallest absolute Gasteiger partial charge is 0.338 e. The van der Waals surface area contributed by atoms with Crippen LogP contribution in [0.25, 0.3) is 0 Å². The van der Waals surface area contributed by atoms with Crippen molar-refractivity contribution >= 4 is 11.9 Å². The molecule has 2 atom stereocenters. The molecule has 0 bridgehead atoms. The minimum Gasteiger partial charge on any atom is -0.457 e. The molecule has 0 aliphatic carbocycles. The van der Waals surface area contributed by atoms with Crippen molar-refractivity contribution in [3.63, 3.8) is 0 Å². The topological polar surface area (TPSA) is 88.5 Å². The molecule has 1 aromatic rings. The monoisotopic (exact) mass is 470 g/mol. The van der Waals surface area contributed by atoms with Gasteiger partial charge in [-0.2, -0.15) is 0 Å². The lowest BCUT2D eigenvalue weighted by Crippen LogP contribution is -2.56. The van der Waals surface area contributed by atoms with Gasteiger partial charge in [-0.3, -0.25) is 0 Å². The first kappa shape index (κ1) is 23.3. The van der Waals surface area contributed by atoms with E-state index in [1.54, 1.807) is 13.2 Å². The van der Waals surface area contributed by atoms with Crippen molar-refractivity contribution in [1.29, 1.82) is 0 Å². The normalized spacial score (nSPS) is 25.5. The maximum absolute atomic E-state index is 11.8. The first-order chi connectivity index (χ1) is 16.3. The van der Waals surface area contributed by atoms with Gasteiger partial charge in [0, 0.05) is 37.7 Å². The van der Waals surface area contributed by atoms with Gasteiger partial charge >= 0.3 is 11.9 Å². The van der Waals surface area contributed by atoms with Crippen molar-refractivity contribution < 1.29 is 28.9 Å². The molecule has 2 saturated heterocycles. The molecule has 8 nitrogen and oxygen atoms in total. The second-order valence-corrected chi connectivity index (χ2v) is 10.1. The predicted molar refractivity (Wildman–Crippen MR) is 124 cm³/mol. The molecule has 1 N–H and O–H groups in total. The Morgan fingerprint density at radius 3 is 2.47 bits per heavy atom. The van der Waals surface area contributed by atoms with E-state index in [1.807, 2.05) is 19.9 Å². The van der Waals surface area contributed by atoms with E-state index in [4.69, 9.17) is 14.2 Å². The zero-order chi connectivity index (χ0) is 24.0. The highest BCUT2D eigenvalue weighted by atomic mass is 16.5. The molecule has 0 aromatic heterocycles. The van der Waals surface area contributed by atoms with Gasteiger partial charge in [0.2, 0.25) is 0 Å². The minimum atomic E-state index is -0.607. The average molecular weight is 471 g/mol. The zero-order valence-electron chi connectivity index (χ0n) is 20.3. The van der Waals surface area contributed by atoms with Gasteiger partial charge in [0.15, 0.2) is 0 Å². The third-order valence-corrected chi connectivity index (χ3v) is 8.54. The molecule has 1 spiro atoms. The number of cyclic esters (lactones) is 2. The molecule has 2 fully saturated rings. The number of nitrogens with zero attached hydrogens (tertiary/aromatic N) is 2. The number of aliphatic hydroxyl groups excluding tert-OH is 1. The van der Waals surface area contributed by atoms with E-state index in [-0.39, 0.29) is 23.5 Å². The van der Waals surface area contributed by atoms with Crippen LogP contribution in [0.15, 0.2) is 23.4 Å². The molecule has 0 amide bonds. The van der Waals surface area contributed by atoms with E-state index in [1.165, 1.54) is 0 Å². The van der Waals surface area contributed by atoms with E-state index in [0.717, 1.165) is 67.8 Å². The third kappa shape index (κ3) is 3.91. The number of rotatable bonds is 5. The maximum atomic E-state index is 11.8. The van der Waals surface area contributed by atoms with Crippen LogP contribution in [0.1, 0.15) is 59.3 Å². The molecule has 0 radical (unpaired) electrons. The maximum Gasteiger partial charge on any atom is 0.338 e. The molecule has 4 aliphatic rings. The quantitative estimate of drug-likeness (QED) is 0.656. The lowest BCUT2D eigenvalue weighted by Gasteiger charge is -2.51. The van der Waals surface area contributed by atoms with Gasteiger partial charge in [0.05, 0.1) is 29.0 Å². The molecular formula is C26H34N2O6. The Morgan fingerprint density at radius 1 is 1.09 bits per heavy atom. The first-order valence-corrected chi connectivity index (χ1v) is 12.2. The number of benzene rings is 1. The van der Waals surface area contributed by atoms with Crippen LogP contribution in [0.4, 0.5) is 0 Å². The van der Waals surface area contributed by atoms with Crippen molar-refractivity contribution in [1.82, 2.24) is 9.80 Å². The summed E-state index contributed by atoms with van der Waals surface area (Å²) in [7, 11) is 1.79. The van der Waals surface area contributed by atoms with E-state index in [2.05, 4.69) is 9.80 Å². The number of carbonyl (C=O) groups excluding carboxylic acids is 2. The molecule has 0 unspecified atom stereocenters. The Bertz CT molecular complexity index is 1030. The molecule has 0 saturated carbocycles. The van der Waals surface area contributed by atoms with E-state index < -0.39 is 6.10 Å². The number of hydrogen-bond acceptors (Lipinski definition) is 8. The van der Waals surface area contributed by atoms with E-state index in [9.17, 15) is 14.7 Å². The lowest BCUT2D eigenvalue weighted by atomic mass is 9.69. The second-order valence-electron chi connectivity index (χ2n) is 10.1. The molecule has 8 heteroatoms. The van der Waals surface area contributed by atoms with Crippen molar-refractivity contribution in [2.45, 2.75) is 51.9 Å². The second kappa shape index (κ2) is 8.98. The number of piperidine rings is 2. The predicted octanol–water partition coefficient (Wildman–Crippen LogP) is 2.33. The summed E-state index contributed by atoms with van der Waals surface area (Å²) < 4.78 is 16.4. The fraction of sp³-hybridized carbons (Fsp3) is 0.615. The van der Waals surface area contributed by atoms with E-state index in [0.29, 0.717) is 30.9 Å². The number of β-amino-alcohol motifs (C(OH)–C–C–N with tert-alkyl or cyclic N) is 1. The van der Waals surface area contributed by atoms with Crippen molar-refractivity contribution in [2.75, 3.05) is 46.4 Å². The number of carbonyl (C=O) groups is 2. The molecule has 4 heterocycles. The van der Waals surface area contributed by atoms with Gasteiger partial charge in [-0.05, 0) is 63.4 Å². The highest BCUT2D eigenvalue weighted by molar-refractivity contribution is 5.94. The van der Waals surface area contributed by atoms with Crippen LogP contribution in [-0.4, -0.2) is 79.4 Å². The summed E-state index contributed by atoms with van der Waals surface area (Å²) >= 11 is 0. The number of fused-ring (bicyclic) bond motifs is 1. The van der Waals surface area contributed by atoms with Crippen molar-refractivity contribution in [2.24, 2.45) is 5.41 Å². The summed E-state index contributed by atoms with van der Waals surface area (Å²) in [6.45, 7) is 8.52. The van der Waals surface area contributed by atoms with Gasteiger partial charge < -0.3 is 29.1 Å². The molecule has 184 valence electrons. The number of hydrogen-bond donors (Lipinski definition) is 1. The fourth-order valence-corrected chi connectivity index (χ4v) is 6.19. The van der Waals surface area contributed by atoms with Gasteiger partial charge in [-0.1, -0.05) is 6.07 Å². The molecule has 5 rings (SSSR count). The molecule has 34 heavy (non-hydrogen) atoms. The Kier molecular flexibility index (Phi) is 6.16. The van der Waals surface area contributed by atoms with Gasteiger partial charge in [0.1, 0.15) is 13.2 Å². The Labute approximate surface area is 200 Å². The van der Waals surface area contributed by atoms with Gasteiger partial charge in [0.25, 0.3) is 0 Å². The SMILES string of the molecule is CO[C@H]1CN(C2=C(C)C(=O)OC2)CCC12CCN(C[C@H](O)c1ccc3c(c1C)COC3=O)CC2. The highest BCUT2D eigenvalue weighted by Gasteiger charge is 2.46. The number of ether oxygens (including phenoxy) is 3. The summed E-state index contributed by atoms with van der Waals surface area (Å²) in [5, 5.41) is 11.0. The summed E-state index contributed by atoms with van der Waals surface area (Å²) in [4.78, 5) is 28.2. The van der Waals surface area contributed by atoms with Gasteiger partial charge in [-0.25, -0.2) is 9.59 Å². The van der Waals surface area contributed by atoms with Crippen LogP contribution in [0.2, 0.25) is 0 Å². The molecule has 1 aromatic carbocycles. The Balaban J connectivity index is 1.21. The van der Waals surface area contributed by atoms with E-state index >= 15 is 0 Å². The molecular weight excluding hydrogens is 436 g/mol. The number of likely N-dealkylation sites (tertiary alicyclic amines) is 2. The Hall–Kier alpha value is -2.42. The minimum absolute atomic E-state index is 0.0980. The molecule has 4 aliphatic heterocycles. The summed E-state index contributed by atoms with van der Waals surface area (Å²) in [5.41, 5.74) is 5.17. The fourth-order valence-electron chi connectivity index (χ4n) is 6.19. The largest absolute Gasteiger partial charge is 0.457 e. The van der Waals surface area contributed by atoms with Crippen molar-refractivity contribution in [3.8, 4) is 0 Å².